The number of nitrogens with zero attached hydrogens (tertiary/aromatic N) is 1. The molecule has 0 aromatic heterocycles. The second-order valence-electron chi connectivity index (χ2n) is 6.17. The maximum Gasteiger partial charge on any atom is 0.237 e. The Morgan fingerprint density at radius 1 is 1.39 bits per heavy atom. The van der Waals surface area contributed by atoms with E-state index >= 15 is 0 Å². The lowest BCUT2D eigenvalue weighted by atomic mass is 10.1. The van der Waals surface area contributed by atoms with Gasteiger partial charge in [-0.3, -0.25) is 4.79 Å². The highest BCUT2D eigenvalue weighted by molar-refractivity contribution is 6.30. The number of halogens is 1. The van der Waals surface area contributed by atoms with Gasteiger partial charge in [0.05, 0.1) is 24.8 Å². The lowest BCUT2D eigenvalue weighted by Gasteiger charge is -2.31. The van der Waals surface area contributed by atoms with Gasteiger partial charge in [-0.1, -0.05) is 23.7 Å². The van der Waals surface area contributed by atoms with Crippen molar-refractivity contribution in [2.75, 3.05) is 33.3 Å². The zero-order valence-electron chi connectivity index (χ0n) is 14.0. The number of rotatable bonds is 6. The molecule has 1 amide bonds. The Kier molecular flexibility index (Phi) is 6.84. The summed E-state index contributed by atoms with van der Waals surface area (Å²) in [5.74, 6) is -0.0170. The van der Waals surface area contributed by atoms with Gasteiger partial charge in [0, 0.05) is 24.7 Å². The molecule has 2 rings (SSSR count). The van der Waals surface area contributed by atoms with Gasteiger partial charge < -0.3 is 20.3 Å². The third kappa shape index (κ3) is 5.77. The maximum atomic E-state index is 12.3. The van der Waals surface area contributed by atoms with E-state index in [1.54, 1.807) is 0 Å². The molecule has 1 fully saturated rings. The van der Waals surface area contributed by atoms with Crippen molar-refractivity contribution in [3.63, 3.8) is 0 Å². The minimum atomic E-state index is -0.263. The van der Waals surface area contributed by atoms with Crippen LogP contribution < -0.4 is 10.6 Å². The van der Waals surface area contributed by atoms with Crippen LogP contribution in [0.1, 0.15) is 25.5 Å². The summed E-state index contributed by atoms with van der Waals surface area (Å²) in [5, 5.41) is 6.96. The van der Waals surface area contributed by atoms with E-state index in [0.29, 0.717) is 11.6 Å². The molecular weight excluding hydrogens is 314 g/mol. The highest BCUT2D eigenvalue weighted by Crippen LogP contribution is 2.16. The summed E-state index contributed by atoms with van der Waals surface area (Å²) < 4.78 is 5.69. The number of hydrogen-bond acceptors (Lipinski definition) is 4. The van der Waals surface area contributed by atoms with E-state index in [0.717, 1.165) is 25.3 Å². The molecule has 2 N–H and O–H groups in total. The van der Waals surface area contributed by atoms with Crippen LogP contribution in [-0.4, -0.2) is 56.2 Å². The average Bonchev–Trinajstić information content (AvgIpc) is 2.53. The smallest absolute Gasteiger partial charge is 0.237 e. The lowest BCUT2D eigenvalue weighted by Crippen LogP contribution is -2.49. The number of benzene rings is 1. The largest absolute Gasteiger partial charge is 0.374 e. The Hall–Kier alpha value is -1.14. The summed E-state index contributed by atoms with van der Waals surface area (Å²) in [6.07, 6.45) is 0.137. The van der Waals surface area contributed by atoms with Crippen LogP contribution in [-0.2, 0) is 9.53 Å². The fourth-order valence-corrected chi connectivity index (χ4v) is 2.69. The van der Waals surface area contributed by atoms with Crippen molar-refractivity contribution in [3.8, 4) is 0 Å². The number of carbonyl (C=O) groups is 1. The van der Waals surface area contributed by atoms with Crippen LogP contribution >= 0.6 is 11.6 Å². The quantitative estimate of drug-likeness (QED) is 0.830. The zero-order valence-corrected chi connectivity index (χ0v) is 14.8. The zero-order chi connectivity index (χ0) is 16.8. The minimum absolute atomic E-state index is 0.0170. The Morgan fingerprint density at radius 2 is 2.09 bits per heavy atom. The van der Waals surface area contributed by atoms with Crippen molar-refractivity contribution in [1.82, 2.24) is 15.5 Å². The van der Waals surface area contributed by atoms with Gasteiger partial charge in [0.2, 0.25) is 5.91 Å². The van der Waals surface area contributed by atoms with Gasteiger partial charge in [0.1, 0.15) is 0 Å². The second-order valence-corrected chi connectivity index (χ2v) is 6.60. The molecule has 0 aliphatic carbocycles. The molecule has 1 aromatic rings. The number of ether oxygens (including phenoxy) is 1. The van der Waals surface area contributed by atoms with Gasteiger partial charge >= 0.3 is 0 Å². The maximum absolute atomic E-state index is 12.3. The van der Waals surface area contributed by atoms with Gasteiger partial charge in [-0.2, -0.15) is 0 Å². The summed E-state index contributed by atoms with van der Waals surface area (Å²) >= 11 is 5.89. The van der Waals surface area contributed by atoms with Gasteiger partial charge in [-0.15, -0.1) is 0 Å². The van der Waals surface area contributed by atoms with Crippen LogP contribution in [0, 0.1) is 0 Å². The van der Waals surface area contributed by atoms with E-state index in [4.69, 9.17) is 16.3 Å². The summed E-state index contributed by atoms with van der Waals surface area (Å²) in [4.78, 5) is 14.5. The van der Waals surface area contributed by atoms with E-state index in [1.807, 2.05) is 38.1 Å². The Morgan fingerprint density at radius 3 is 2.74 bits per heavy atom. The van der Waals surface area contributed by atoms with Crippen molar-refractivity contribution in [3.05, 3.63) is 34.9 Å². The van der Waals surface area contributed by atoms with Crippen LogP contribution in [0.2, 0.25) is 5.02 Å². The Bertz CT molecular complexity index is 509. The molecule has 1 aromatic carbocycles. The van der Waals surface area contributed by atoms with Crippen molar-refractivity contribution in [1.29, 1.82) is 0 Å². The fraction of sp³-hybridized carbons (Fsp3) is 0.588. The monoisotopic (exact) mass is 339 g/mol. The molecular formula is C17H26ClN3O2. The van der Waals surface area contributed by atoms with Crippen molar-refractivity contribution < 1.29 is 9.53 Å². The van der Waals surface area contributed by atoms with Crippen LogP contribution in [0.25, 0.3) is 0 Å². The van der Waals surface area contributed by atoms with Crippen LogP contribution in [0.4, 0.5) is 0 Å². The number of likely N-dealkylation sites (N-methyl/N-ethyl adjacent to an activating group) is 1. The predicted molar refractivity (Wildman–Crippen MR) is 92.7 cm³/mol. The van der Waals surface area contributed by atoms with Crippen LogP contribution in [0.5, 0.6) is 0 Å². The highest BCUT2D eigenvalue weighted by atomic mass is 35.5. The number of nitrogens with one attached hydrogen (secondary N) is 2. The predicted octanol–water partition coefficient (Wildman–Crippen LogP) is 1.83. The molecule has 1 saturated heterocycles. The number of carbonyl (C=O) groups excluding carboxylic acids is 1. The van der Waals surface area contributed by atoms with Crippen molar-refractivity contribution in [2.24, 2.45) is 0 Å². The third-order valence-corrected chi connectivity index (χ3v) is 4.37. The Labute approximate surface area is 143 Å². The molecule has 3 atom stereocenters. The standard InChI is InChI=1S/C17H26ClN3O2/c1-12(14-4-6-15(18)7-5-14)20-17(22)13(2)19-10-16-11-21(3)8-9-23-16/h4-7,12-13,16,19H,8-11H2,1-3H3,(H,20,22)/t12-,13-,16-/m0/s1. The van der Waals surface area contributed by atoms with Gasteiger partial charge in [0.15, 0.2) is 0 Å². The average molecular weight is 340 g/mol. The number of hydrogen-bond donors (Lipinski definition) is 2. The molecule has 1 aliphatic rings. The summed E-state index contributed by atoms with van der Waals surface area (Å²) in [6, 6.07) is 7.20. The second kappa shape index (κ2) is 8.64. The SMILES string of the molecule is C[C@H](NC[C@H]1CN(C)CCO1)C(=O)N[C@@H](C)c1ccc(Cl)cc1. The topological polar surface area (TPSA) is 53.6 Å². The molecule has 1 aliphatic heterocycles. The first-order valence-corrected chi connectivity index (χ1v) is 8.43. The summed E-state index contributed by atoms with van der Waals surface area (Å²) in [6.45, 7) is 7.11. The summed E-state index contributed by atoms with van der Waals surface area (Å²) in [7, 11) is 2.08. The first-order valence-electron chi connectivity index (χ1n) is 8.05. The molecule has 0 radical (unpaired) electrons. The van der Waals surface area contributed by atoms with E-state index in [9.17, 15) is 4.79 Å². The summed E-state index contributed by atoms with van der Waals surface area (Å²) in [5.41, 5.74) is 1.03. The van der Waals surface area contributed by atoms with E-state index in [-0.39, 0.29) is 24.1 Å². The molecule has 0 bridgehead atoms. The molecule has 0 saturated carbocycles. The Balaban J connectivity index is 1.76. The van der Waals surface area contributed by atoms with Gasteiger partial charge in [-0.05, 0) is 38.6 Å². The van der Waals surface area contributed by atoms with E-state index in [2.05, 4.69) is 22.6 Å². The third-order valence-electron chi connectivity index (χ3n) is 4.12. The van der Waals surface area contributed by atoms with E-state index < -0.39 is 0 Å². The van der Waals surface area contributed by atoms with Crippen LogP contribution in [0.15, 0.2) is 24.3 Å². The van der Waals surface area contributed by atoms with Crippen LogP contribution in [0.3, 0.4) is 0 Å². The minimum Gasteiger partial charge on any atom is -0.374 e. The van der Waals surface area contributed by atoms with Gasteiger partial charge in [-0.25, -0.2) is 0 Å². The van der Waals surface area contributed by atoms with Crippen molar-refractivity contribution >= 4 is 17.5 Å². The fourth-order valence-electron chi connectivity index (χ4n) is 2.56. The highest BCUT2D eigenvalue weighted by Gasteiger charge is 2.21. The molecule has 0 spiro atoms. The first kappa shape index (κ1) is 18.2. The number of amides is 1. The van der Waals surface area contributed by atoms with E-state index in [1.165, 1.54) is 0 Å². The van der Waals surface area contributed by atoms with Crippen molar-refractivity contribution in [2.45, 2.75) is 32.0 Å². The molecule has 128 valence electrons. The lowest BCUT2D eigenvalue weighted by molar-refractivity contribution is -0.123. The number of morpholine rings is 1. The molecule has 5 nitrogen and oxygen atoms in total. The first-order chi connectivity index (χ1) is 11.0. The molecule has 6 heteroatoms. The van der Waals surface area contributed by atoms with Gasteiger partial charge in [0.25, 0.3) is 0 Å². The molecule has 1 heterocycles. The molecule has 23 heavy (non-hydrogen) atoms. The molecule has 0 unspecified atom stereocenters. The normalized spacial score (nSPS) is 21.7.